The first-order valence-corrected chi connectivity index (χ1v) is 4.75. The van der Waals surface area contributed by atoms with Gasteiger partial charge >= 0.3 is 0 Å². The zero-order valence-electron chi connectivity index (χ0n) is 8.82. The lowest BCUT2D eigenvalue weighted by atomic mass is 10.1. The van der Waals surface area contributed by atoms with E-state index in [0.29, 0.717) is 0 Å². The van der Waals surface area contributed by atoms with E-state index in [4.69, 9.17) is 5.21 Å². The van der Waals surface area contributed by atoms with Crippen molar-refractivity contribution in [2.45, 2.75) is 20.3 Å². The number of nitrogens with one attached hydrogen (secondary N) is 1. The van der Waals surface area contributed by atoms with E-state index < -0.39 is 5.91 Å². The normalized spacial score (nSPS) is 10.5. The summed E-state index contributed by atoms with van der Waals surface area (Å²) in [6, 6.07) is 5.79. The number of anilines is 1. The van der Waals surface area contributed by atoms with E-state index in [0.717, 1.165) is 29.4 Å². The maximum Gasteiger partial charge on any atom is 0.270 e. The predicted octanol–water partition coefficient (Wildman–Crippen LogP) is 1.96. The van der Waals surface area contributed by atoms with E-state index in [1.165, 1.54) is 0 Å². The Hall–Kier alpha value is -1.84. The summed E-state index contributed by atoms with van der Waals surface area (Å²) in [5.74, 6) is -0.434. The minimum absolute atomic E-state index is 0.434. The van der Waals surface area contributed by atoms with Crippen LogP contribution in [0.15, 0.2) is 23.4 Å². The van der Waals surface area contributed by atoms with Crippen molar-refractivity contribution in [1.29, 1.82) is 0 Å². The molecule has 0 bridgehead atoms. The largest absolute Gasteiger partial charge is 0.411 e. The number of benzene rings is 1. The highest BCUT2D eigenvalue weighted by molar-refractivity contribution is 6.31. The third kappa shape index (κ3) is 3.09. The first-order chi connectivity index (χ1) is 7.17. The smallest absolute Gasteiger partial charge is 0.270 e. The lowest BCUT2D eigenvalue weighted by Crippen LogP contribution is -2.13. The van der Waals surface area contributed by atoms with Crippen molar-refractivity contribution in [3.8, 4) is 0 Å². The molecule has 0 aliphatic heterocycles. The Morgan fingerprint density at radius 1 is 1.60 bits per heavy atom. The van der Waals surface area contributed by atoms with E-state index >= 15 is 0 Å². The number of oxime groups is 1. The van der Waals surface area contributed by atoms with Crippen molar-refractivity contribution in [1.82, 2.24) is 0 Å². The van der Waals surface area contributed by atoms with Gasteiger partial charge in [0.2, 0.25) is 0 Å². The third-order valence-electron chi connectivity index (χ3n) is 2.07. The molecule has 0 aromatic heterocycles. The van der Waals surface area contributed by atoms with Gasteiger partial charge in [0, 0.05) is 5.69 Å². The average Bonchev–Trinajstić information content (AvgIpc) is 2.21. The summed E-state index contributed by atoms with van der Waals surface area (Å²) in [5.41, 5.74) is 2.98. The van der Waals surface area contributed by atoms with Crippen molar-refractivity contribution in [3.63, 3.8) is 0 Å². The zero-order valence-corrected chi connectivity index (χ0v) is 8.82. The highest BCUT2D eigenvalue weighted by Crippen LogP contribution is 2.17. The Bertz CT molecular complexity index is 386. The number of rotatable bonds is 3. The number of amides is 1. The predicted molar refractivity (Wildman–Crippen MR) is 59.5 cm³/mol. The first-order valence-electron chi connectivity index (χ1n) is 4.75. The van der Waals surface area contributed by atoms with Crippen LogP contribution in [-0.4, -0.2) is 17.3 Å². The summed E-state index contributed by atoms with van der Waals surface area (Å²) in [6.07, 6.45) is 1.67. The molecule has 1 aromatic carbocycles. The van der Waals surface area contributed by atoms with Crippen LogP contribution in [0.2, 0.25) is 0 Å². The summed E-state index contributed by atoms with van der Waals surface area (Å²) >= 11 is 0. The SMILES string of the molecule is CCc1cc(C)ccc1NC(=O)/C=N\O. The second-order valence-electron chi connectivity index (χ2n) is 3.25. The summed E-state index contributed by atoms with van der Waals surface area (Å²) in [7, 11) is 0. The van der Waals surface area contributed by atoms with E-state index in [9.17, 15) is 4.79 Å². The summed E-state index contributed by atoms with van der Waals surface area (Å²) in [4.78, 5) is 11.1. The van der Waals surface area contributed by atoms with Crippen LogP contribution < -0.4 is 5.32 Å². The maximum atomic E-state index is 11.1. The van der Waals surface area contributed by atoms with Gasteiger partial charge in [-0.3, -0.25) is 4.79 Å². The maximum absolute atomic E-state index is 11.1. The van der Waals surface area contributed by atoms with Gasteiger partial charge in [0.05, 0.1) is 0 Å². The molecule has 0 radical (unpaired) electrons. The summed E-state index contributed by atoms with van der Waals surface area (Å²) in [5, 5.41) is 13.5. The highest BCUT2D eigenvalue weighted by Gasteiger charge is 2.03. The molecule has 0 aliphatic rings. The number of carbonyl (C=O) groups excluding carboxylic acids is 1. The van der Waals surface area contributed by atoms with Gasteiger partial charge < -0.3 is 10.5 Å². The molecule has 0 saturated carbocycles. The monoisotopic (exact) mass is 206 g/mol. The van der Waals surface area contributed by atoms with Crippen molar-refractivity contribution in [2.75, 3.05) is 5.32 Å². The number of aryl methyl sites for hydroxylation is 2. The fraction of sp³-hybridized carbons (Fsp3) is 0.273. The molecule has 0 heterocycles. The van der Waals surface area contributed by atoms with Crippen LogP contribution in [0.1, 0.15) is 18.1 Å². The van der Waals surface area contributed by atoms with Crippen LogP contribution >= 0.6 is 0 Å². The van der Waals surface area contributed by atoms with Crippen molar-refractivity contribution >= 4 is 17.8 Å². The Kier molecular flexibility index (Phi) is 3.85. The molecule has 1 aromatic rings. The van der Waals surface area contributed by atoms with Crippen molar-refractivity contribution < 1.29 is 10.0 Å². The lowest BCUT2D eigenvalue weighted by Gasteiger charge is -2.08. The third-order valence-corrected chi connectivity index (χ3v) is 2.07. The topological polar surface area (TPSA) is 61.7 Å². The van der Waals surface area contributed by atoms with E-state index in [1.54, 1.807) is 0 Å². The summed E-state index contributed by atoms with van der Waals surface area (Å²) in [6.45, 7) is 4.02. The highest BCUT2D eigenvalue weighted by atomic mass is 16.4. The van der Waals surface area contributed by atoms with Crippen LogP contribution in [0.25, 0.3) is 0 Å². The fourth-order valence-corrected chi connectivity index (χ4v) is 1.35. The van der Waals surface area contributed by atoms with Gasteiger partial charge in [-0.1, -0.05) is 29.8 Å². The van der Waals surface area contributed by atoms with Crippen LogP contribution in [0.3, 0.4) is 0 Å². The van der Waals surface area contributed by atoms with Crippen LogP contribution in [0, 0.1) is 6.92 Å². The molecule has 0 spiro atoms. The molecule has 0 atom stereocenters. The molecular weight excluding hydrogens is 192 g/mol. The lowest BCUT2D eigenvalue weighted by molar-refractivity contribution is -0.110. The Balaban J connectivity index is 2.89. The van der Waals surface area contributed by atoms with Crippen LogP contribution in [-0.2, 0) is 11.2 Å². The van der Waals surface area contributed by atoms with Crippen molar-refractivity contribution in [3.05, 3.63) is 29.3 Å². The van der Waals surface area contributed by atoms with Gasteiger partial charge in [0.1, 0.15) is 6.21 Å². The number of nitrogens with zero attached hydrogens (tertiary/aromatic N) is 1. The van der Waals surface area contributed by atoms with E-state index in [1.807, 2.05) is 32.0 Å². The molecule has 0 saturated heterocycles. The van der Waals surface area contributed by atoms with Crippen molar-refractivity contribution in [2.24, 2.45) is 5.16 Å². The Morgan fingerprint density at radius 2 is 2.33 bits per heavy atom. The molecule has 2 N–H and O–H groups in total. The number of carbonyl (C=O) groups is 1. The molecular formula is C11H14N2O2. The van der Waals surface area contributed by atoms with E-state index in [2.05, 4.69) is 10.5 Å². The quantitative estimate of drug-likeness (QED) is 0.451. The minimum Gasteiger partial charge on any atom is -0.411 e. The van der Waals surface area contributed by atoms with Gasteiger partial charge in [0.25, 0.3) is 5.91 Å². The Morgan fingerprint density at radius 3 is 2.93 bits per heavy atom. The first kappa shape index (κ1) is 11.2. The molecule has 1 rings (SSSR count). The second-order valence-corrected chi connectivity index (χ2v) is 3.25. The number of hydrogen-bond acceptors (Lipinski definition) is 3. The molecule has 0 fully saturated rings. The van der Waals surface area contributed by atoms with E-state index in [-0.39, 0.29) is 0 Å². The zero-order chi connectivity index (χ0) is 11.3. The molecule has 0 aliphatic carbocycles. The second kappa shape index (κ2) is 5.14. The molecule has 15 heavy (non-hydrogen) atoms. The van der Waals surface area contributed by atoms with Gasteiger partial charge in [-0.05, 0) is 25.0 Å². The molecule has 0 unspecified atom stereocenters. The van der Waals surface area contributed by atoms with Gasteiger partial charge in [-0.2, -0.15) is 0 Å². The van der Waals surface area contributed by atoms with Gasteiger partial charge in [0.15, 0.2) is 0 Å². The number of hydrogen-bond donors (Lipinski definition) is 2. The molecule has 4 nitrogen and oxygen atoms in total. The average molecular weight is 206 g/mol. The van der Waals surface area contributed by atoms with Gasteiger partial charge in [-0.25, -0.2) is 0 Å². The molecule has 1 amide bonds. The Labute approximate surface area is 88.6 Å². The minimum atomic E-state index is -0.434. The molecule has 4 heteroatoms. The standard InChI is InChI=1S/C11H14N2O2/c1-3-9-6-8(2)4-5-10(9)13-11(14)7-12-15/h4-7,15H,3H2,1-2H3,(H,13,14)/b12-7-. The van der Waals surface area contributed by atoms with Crippen LogP contribution in [0.5, 0.6) is 0 Å². The van der Waals surface area contributed by atoms with Crippen LogP contribution in [0.4, 0.5) is 5.69 Å². The van der Waals surface area contributed by atoms with Gasteiger partial charge in [-0.15, -0.1) is 0 Å². The summed E-state index contributed by atoms with van der Waals surface area (Å²) < 4.78 is 0. The molecule has 80 valence electrons. The fourth-order valence-electron chi connectivity index (χ4n) is 1.35.